The number of methoxy groups -OCH3 is 1. The summed E-state index contributed by atoms with van der Waals surface area (Å²) in [6, 6.07) is 7.16. The summed E-state index contributed by atoms with van der Waals surface area (Å²) in [4.78, 5) is 34.7. The molecule has 28 heavy (non-hydrogen) atoms. The highest BCUT2D eigenvalue weighted by atomic mass is 32.2. The van der Waals surface area contributed by atoms with Crippen LogP contribution in [0.3, 0.4) is 0 Å². The number of anilines is 1. The zero-order valence-corrected chi connectivity index (χ0v) is 17.3. The number of H-pyrrole nitrogens is 1. The van der Waals surface area contributed by atoms with Crippen molar-refractivity contribution >= 4 is 44.9 Å². The Labute approximate surface area is 170 Å². The van der Waals surface area contributed by atoms with E-state index in [1.165, 1.54) is 28.6 Å². The molecule has 0 unspecified atom stereocenters. The number of aromatic nitrogens is 2. The Kier molecular flexibility index (Phi) is 5.41. The molecular weight excluding hydrogens is 394 g/mol. The number of nitrogens with zero attached hydrogens (tertiary/aromatic N) is 1. The number of benzene rings is 1. The molecular formula is C20H21N3O3S2. The Balaban J connectivity index is 1.50. The van der Waals surface area contributed by atoms with Crippen molar-refractivity contribution in [2.45, 2.75) is 43.0 Å². The van der Waals surface area contributed by atoms with E-state index in [-0.39, 0.29) is 11.5 Å². The minimum absolute atomic E-state index is 0.102. The number of thioether (sulfide) groups is 1. The number of rotatable bonds is 5. The van der Waals surface area contributed by atoms with Gasteiger partial charge in [0.2, 0.25) is 5.91 Å². The quantitative estimate of drug-likeness (QED) is 0.486. The molecule has 1 amide bonds. The van der Waals surface area contributed by atoms with Gasteiger partial charge in [0, 0.05) is 10.6 Å². The lowest BCUT2D eigenvalue weighted by molar-refractivity contribution is -0.115. The SMILES string of the molecule is COc1ccc(NC(=O)[C@@H](C)Sc2nc3sc4c(c3c(=O)[nH]2)CCCC4)cc1. The highest BCUT2D eigenvalue weighted by Gasteiger charge is 2.21. The van der Waals surface area contributed by atoms with Crippen LogP contribution in [0, 0.1) is 0 Å². The van der Waals surface area contributed by atoms with Gasteiger partial charge in [0.05, 0.1) is 17.7 Å². The molecule has 0 saturated carbocycles. The van der Waals surface area contributed by atoms with E-state index in [0.717, 1.165) is 35.2 Å². The topological polar surface area (TPSA) is 84.1 Å². The molecule has 0 fully saturated rings. The lowest BCUT2D eigenvalue weighted by atomic mass is 9.97. The van der Waals surface area contributed by atoms with Crippen LogP contribution in [0.1, 0.15) is 30.2 Å². The van der Waals surface area contributed by atoms with Crippen molar-refractivity contribution in [2.75, 3.05) is 12.4 Å². The molecule has 1 aliphatic rings. The zero-order chi connectivity index (χ0) is 19.7. The monoisotopic (exact) mass is 415 g/mol. The second-order valence-electron chi connectivity index (χ2n) is 6.74. The molecule has 0 saturated heterocycles. The van der Waals surface area contributed by atoms with Crippen molar-refractivity contribution in [3.63, 3.8) is 0 Å². The first kappa shape index (κ1) is 19.0. The Hall–Kier alpha value is -2.32. The number of aryl methyl sites for hydroxylation is 2. The van der Waals surface area contributed by atoms with Crippen molar-refractivity contribution < 1.29 is 9.53 Å². The molecule has 1 aliphatic carbocycles. The largest absolute Gasteiger partial charge is 0.497 e. The Morgan fingerprint density at radius 1 is 1.29 bits per heavy atom. The molecule has 146 valence electrons. The van der Waals surface area contributed by atoms with Gasteiger partial charge in [-0.2, -0.15) is 0 Å². The number of carbonyl (C=O) groups excluding carboxylic acids is 1. The molecule has 0 radical (unpaired) electrons. The van der Waals surface area contributed by atoms with Gasteiger partial charge in [0.15, 0.2) is 5.16 Å². The standard InChI is InChI=1S/C20H21N3O3S2/c1-11(17(24)21-12-7-9-13(26-2)10-8-12)27-20-22-18(25)16-14-5-3-4-6-15(14)28-19(16)23-20/h7-11H,3-6H2,1-2H3,(H,21,24)(H,22,23,25)/t11-/m1/s1. The van der Waals surface area contributed by atoms with Crippen molar-refractivity contribution in [3.8, 4) is 5.75 Å². The number of amides is 1. The number of hydrogen-bond donors (Lipinski definition) is 2. The van der Waals surface area contributed by atoms with Gasteiger partial charge in [-0.3, -0.25) is 9.59 Å². The van der Waals surface area contributed by atoms with Gasteiger partial charge in [-0.15, -0.1) is 11.3 Å². The number of aromatic amines is 1. The summed E-state index contributed by atoms with van der Waals surface area (Å²) in [6.45, 7) is 1.80. The first-order valence-electron chi connectivity index (χ1n) is 9.21. The van der Waals surface area contributed by atoms with Crippen LogP contribution in [0.5, 0.6) is 5.75 Å². The minimum Gasteiger partial charge on any atom is -0.497 e. The molecule has 0 bridgehead atoms. The van der Waals surface area contributed by atoms with E-state index < -0.39 is 5.25 Å². The molecule has 6 nitrogen and oxygen atoms in total. The van der Waals surface area contributed by atoms with Crippen LogP contribution in [-0.4, -0.2) is 28.2 Å². The van der Waals surface area contributed by atoms with Crippen molar-refractivity contribution in [2.24, 2.45) is 0 Å². The third-order valence-electron chi connectivity index (χ3n) is 4.82. The summed E-state index contributed by atoms with van der Waals surface area (Å²) in [5, 5.41) is 3.68. The van der Waals surface area contributed by atoms with E-state index in [9.17, 15) is 9.59 Å². The molecule has 2 N–H and O–H groups in total. The number of hydrogen-bond acceptors (Lipinski definition) is 6. The predicted molar refractivity (Wildman–Crippen MR) is 114 cm³/mol. The van der Waals surface area contributed by atoms with Gasteiger partial charge in [-0.1, -0.05) is 11.8 Å². The Morgan fingerprint density at radius 3 is 2.79 bits per heavy atom. The first-order chi connectivity index (χ1) is 13.5. The normalized spacial score (nSPS) is 14.5. The van der Waals surface area contributed by atoms with Crippen molar-refractivity contribution in [1.29, 1.82) is 0 Å². The molecule has 1 aromatic carbocycles. The number of ether oxygens (including phenoxy) is 1. The number of carbonyl (C=O) groups is 1. The van der Waals surface area contributed by atoms with Gasteiger partial charge >= 0.3 is 0 Å². The average Bonchev–Trinajstić information content (AvgIpc) is 3.07. The summed E-state index contributed by atoms with van der Waals surface area (Å²) in [5.41, 5.74) is 1.76. The van der Waals surface area contributed by atoms with E-state index in [0.29, 0.717) is 10.8 Å². The fourth-order valence-electron chi connectivity index (χ4n) is 3.34. The number of nitrogens with one attached hydrogen (secondary N) is 2. The predicted octanol–water partition coefficient (Wildman–Crippen LogP) is 3.99. The van der Waals surface area contributed by atoms with Crippen molar-refractivity contribution in [3.05, 3.63) is 45.1 Å². The highest BCUT2D eigenvalue weighted by molar-refractivity contribution is 8.00. The van der Waals surface area contributed by atoms with Crippen LogP contribution in [-0.2, 0) is 17.6 Å². The van der Waals surface area contributed by atoms with Crippen LogP contribution < -0.4 is 15.6 Å². The van der Waals surface area contributed by atoms with Gasteiger partial charge in [0.25, 0.3) is 5.56 Å². The third-order valence-corrected chi connectivity index (χ3v) is 6.99. The first-order valence-corrected chi connectivity index (χ1v) is 10.9. The van der Waals surface area contributed by atoms with Gasteiger partial charge in [-0.05, 0) is 62.4 Å². The van der Waals surface area contributed by atoms with Crippen LogP contribution in [0.2, 0.25) is 0 Å². The van der Waals surface area contributed by atoms with E-state index in [1.807, 2.05) is 0 Å². The molecule has 2 aromatic heterocycles. The Morgan fingerprint density at radius 2 is 2.04 bits per heavy atom. The Bertz CT molecular complexity index is 1070. The molecule has 0 spiro atoms. The smallest absolute Gasteiger partial charge is 0.260 e. The van der Waals surface area contributed by atoms with Gasteiger partial charge in [0.1, 0.15) is 10.6 Å². The van der Waals surface area contributed by atoms with Crippen LogP contribution in [0.15, 0.2) is 34.2 Å². The summed E-state index contributed by atoms with van der Waals surface area (Å²) in [7, 11) is 1.60. The lowest BCUT2D eigenvalue weighted by Crippen LogP contribution is -2.23. The molecule has 4 rings (SSSR count). The summed E-state index contributed by atoms with van der Waals surface area (Å²) in [6.07, 6.45) is 4.27. The molecule has 2 heterocycles. The maximum Gasteiger partial charge on any atom is 0.260 e. The molecule has 3 aromatic rings. The third kappa shape index (κ3) is 3.79. The van der Waals surface area contributed by atoms with Crippen molar-refractivity contribution in [1.82, 2.24) is 9.97 Å². The highest BCUT2D eigenvalue weighted by Crippen LogP contribution is 2.34. The van der Waals surface area contributed by atoms with E-state index >= 15 is 0 Å². The second kappa shape index (κ2) is 7.97. The second-order valence-corrected chi connectivity index (χ2v) is 9.15. The lowest BCUT2D eigenvalue weighted by Gasteiger charge is -2.12. The van der Waals surface area contributed by atoms with E-state index in [2.05, 4.69) is 15.3 Å². The molecule has 8 heteroatoms. The molecule has 1 atom stereocenters. The molecule has 0 aliphatic heterocycles. The minimum atomic E-state index is -0.405. The average molecular weight is 416 g/mol. The van der Waals surface area contributed by atoms with Crippen LogP contribution in [0.4, 0.5) is 5.69 Å². The van der Waals surface area contributed by atoms with E-state index in [4.69, 9.17) is 4.74 Å². The number of fused-ring (bicyclic) bond motifs is 3. The fraction of sp³-hybridized carbons (Fsp3) is 0.350. The zero-order valence-electron chi connectivity index (χ0n) is 15.7. The van der Waals surface area contributed by atoms with E-state index in [1.54, 1.807) is 49.6 Å². The summed E-state index contributed by atoms with van der Waals surface area (Å²) >= 11 is 2.87. The summed E-state index contributed by atoms with van der Waals surface area (Å²) in [5.74, 6) is 0.581. The summed E-state index contributed by atoms with van der Waals surface area (Å²) < 4.78 is 5.12. The maximum absolute atomic E-state index is 12.6. The van der Waals surface area contributed by atoms with Crippen LogP contribution in [0.25, 0.3) is 10.2 Å². The van der Waals surface area contributed by atoms with Gasteiger partial charge in [-0.25, -0.2) is 4.98 Å². The number of thiophene rings is 1. The fourth-order valence-corrected chi connectivity index (χ4v) is 5.46. The maximum atomic E-state index is 12.6. The van der Waals surface area contributed by atoms with Gasteiger partial charge < -0.3 is 15.0 Å². The van der Waals surface area contributed by atoms with Crippen LogP contribution >= 0.6 is 23.1 Å².